The lowest BCUT2D eigenvalue weighted by atomic mass is 10.6. The van der Waals surface area contributed by atoms with Gasteiger partial charge in [0, 0.05) is 0 Å². The van der Waals surface area contributed by atoms with Crippen LogP contribution in [0.15, 0.2) is 0 Å². The fourth-order valence-corrected chi connectivity index (χ4v) is 0. The highest BCUT2D eigenvalue weighted by atomic mass is 32.0. The van der Waals surface area contributed by atoms with Crippen LogP contribution in [0.5, 0.6) is 0 Å². The van der Waals surface area contributed by atoms with E-state index in [0.717, 1.165) is 7.20 Å². The smallest absolute Gasteiger partial charge is 0.322 e. The molecule has 0 saturated heterocycles. The van der Waals surface area contributed by atoms with Crippen LogP contribution in [0.25, 0.3) is 0 Å². The summed E-state index contributed by atoms with van der Waals surface area (Å²) >= 11 is 0. The van der Waals surface area contributed by atoms with Crippen LogP contribution in [0, 0.1) is 0 Å². The minimum absolute atomic E-state index is 0.488. The monoisotopic (exact) mass is 93.0 g/mol. The Hall–Kier alpha value is 0.885. The normalized spacial score (nSPS) is 9.50. The molecule has 0 spiro atoms. The SMILES string of the molecule is O[B]PP. The van der Waals surface area contributed by atoms with Crippen molar-refractivity contribution in [2.75, 3.05) is 0 Å². The van der Waals surface area contributed by atoms with Crippen molar-refractivity contribution in [2.45, 2.75) is 0 Å². The Bertz CT molecular complexity index is 8.00. The molecule has 4 heteroatoms. The van der Waals surface area contributed by atoms with Gasteiger partial charge in [-0.3, -0.25) is 0 Å². The Morgan fingerprint density at radius 1 is 2.00 bits per heavy atom. The quantitative estimate of drug-likeness (QED) is 0.356. The van der Waals surface area contributed by atoms with Gasteiger partial charge in [0.15, 0.2) is 0 Å². The van der Waals surface area contributed by atoms with Gasteiger partial charge in [0.2, 0.25) is 0 Å². The van der Waals surface area contributed by atoms with E-state index in [1.165, 1.54) is 0 Å². The molecule has 0 saturated carbocycles. The topological polar surface area (TPSA) is 20.2 Å². The second-order valence-electron chi connectivity index (χ2n) is 0.296. The average molecular weight is 92.8 g/mol. The molecule has 0 aromatic heterocycles. The molecule has 1 N–H and O–H groups in total. The largest absolute Gasteiger partial charge is 0.450 e. The number of hydrogen-bond donors (Lipinski definition) is 1. The summed E-state index contributed by atoms with van der Waals surface area (Å²) in [7, 11) is 3.98. The summed E-state index contributed by atoms with van der Waals surface area (Å²) in [4.78, 5) is 0. The van der Waals surface area contributed by atoms with E-state index in [4.69, 9.17) is 5.02 Å². The van der Waals surface area contributed by atoms with Crippen LogP contribution < -0.4 is 0 Å². The van der Waals surface area contributed by atoms with E-state index in [-0.39, 0.29) is 0 Å². The van der Waals surface area contributed by atoms with Gasteiger partial charge in [-0.2, -0.15) is 0 Å². The van der Waals surface area contributed by atoms with Crippen molar-refractivity contribution < 1.29 is 5.02 Å². The molecule has 0 rings (SSSR count). The zero-order valence-corrected chi connectivity index (χ0v) is 4.26. The Morgan fingerprint density at radius 3 is 2.25 bits per heavy atom. The summed E-state index contributed by atoms with van der Waals surface area (Å²) < 4.78 is 0. The number of rotatable bonds is 1. The average Bonchev–Trinajstić information content (AvgIpc) is 1.37. The molecule has 2 atom stereocenters. The lowest BCUT2D eigenvalue weighted by molar-refractivity contribution is 0.623. The van der Waals surface area contributed by atoms with E-state index in [2.05, 4.69) is 8.93 Å². The van der Waals surface area contributed by atoms with Gasteiger partial charge in [0.05, 0.1) is 0 Å². The predicted molar refractivity (Wildman–Crippen MR) is 26.0 cm³/mol. The molecule has 0 bridgehead atoms. The van der Waals surface area contributed by atoms with Crippen molar-refractivity contribution in [3.05, 3.63) is 0 Å². The highest BCUT2D eigenvalue weighted by Crippen LogP contribution is 2.13. The summed E-state index contributed by atoms with van der Waals surface area (Å²) in [6.07, 6.45) is 0. The maximum atomic E-state index is 7.74. The highest BCUT2D eigenvalue weighted by Gasteiger charge is 1.64. The van der Waals surface area contributed by atoms with Crippen LogP contribution in [-0.2, 0) is 0 Å². The van der Waals surface area contributed by atoms with Gasteiger partial charge in [0.1, 0.15) is 0 Å². The molecular weight excluding hydrogens is 88.8 g/mol. The van der Waals surface area contributed by atoms with Crippen molar-refractivity contribution in [1.29, 1.82) is 0 Å². The fraction of sp³-hybridized carbons (Fsp3) is 0. The molecule has 0 amide bonds. The van der Waals surface area contributed by atoms with Gasteiger partial charge in [-0.25, -0.2) is 0 Å². The minimum Gasteiger partial charge on any atom is -0.450 e. The third-order valence-corrected chi connectivity index (χ3v) is 0.671. The molecule has 2 unspecified atom stereocenters. The molecule has 1 radical (unpaired) electrons. The van der Waals surface area contributed by atoms with Crippen LogP contribution in [0.2, 0.25) is 0 Å². The van der Waals surface area contributed by atoms with E-state index < -0.39 is 0 Å². The zero-order valence-electron chi connectivity index (χ0n) is 2.10. The van der Waals surface area contributed by atoms with Crippen molar-refractivity contribution in [2.24, 2.45) is 0 Å². The molecular formula is H4BOP2. The lowest BCUT2D eigenvalue weighted by Gasteiger charge is -1.65. The summed E-state index contributed by atoms with van der Waals surface area (Å²) in [6, 6.07) is 0. The van der Waals surface area contributed by atoms with Gasteiger partial charge in [0.25, 0.3) is 0 Å². The van der Waals surface area contributed by atoms with E-state index in [0.29, 0.717) is 8.15 Å². The highest BCUT2D eigenvalue weighted by molar-refractivity contribution is 8.16. The molecule has 0 aliphatic carbocycles. The summed E-state index contributed by atoms with van der Waals surface area (Å²) in [5.74, 6) is 0. The third-order valence-electron chi connectivity index (χ3n) is 0.0745. The fourth-order valence-electron chi connectivity index (χ4n) is 0. The molecule has 0 aromatic rings. The van der Waals surface area contributed by atoms with Crippen LogP contribution in [0.3, 0.4) is 0 Å². The lowest BCUT2D eigenvalue weighted by Crippen LogP contribution is -1.62. The second-order valence-corrected chi connectivity index (χ2v) is 1.89. The minimum atomic E-state index is 0.488. The predicted octanol–water partition coefficient (Wildman–Crippen LogP) is -0.0185. The van der Waals surface area contributed by atoms with Crippen molar-refractivity contribution in [3.8, 4) is 0 Å². The van der Waals surface area contributed by atoms with Crippen LogP contribution in [-0.4, -0.2) is 12.2 Å². The standard InChI is InChI=1S/BH4OP2/c2-1-4-3/h2,4H,3H2. The van der Waals surface area contributed by atoms with Gasteiger partial charge in [-0.15, -0.1) is 17.1 Å². The van der Waals surface area contributed by atoms with E-state index in [1.807, 2.05) is 0 Å². The van der Waals surface area contributed by atoms with Crippen molar-refractivity contribution in [3.63, 3.8) is 0 Å². The van der Waals surface area contributed by atoms with Gasteiger partial charge < -0.3 is 5.02 Å². The van der Waals surface area contributed by atoms with Crippen molar-refractivity contribution in [1.82, 2.24) is 0 Å². The summed E-state index contributed by atoms with van der Waals surface area (Å²) in [6.45, 7) is 0. The third kappa shape index (κ3) is 2.88. The summed E-state index contributed by atoms with van der Waals surface area (Å²) in [5.41, 5.74) is 0. The molecule has 23 valence electrons. The second kappa shape index (κ2) is 3.88. The first-order valence-electron chi connectivity index (χ1n) is 0.836. The first-order valence-corrected chi connectivity index (χ1v) is 3.72. The maximum Gasteiger partial charge on any atom is 0.322 e. The molecule has 0 aliphatic heterocycles. The van der Waals surface area contributed by atoms with E-state index in [1.54, 1.807) is 0 Å². The van der Waals surface area contributed by atoms with Crippen LogP contribution in [0.4, 0.5) is 0 Å². The summed E-state index contributed by atoms with van der Waals surface area (Å²) in [5, 5.41) is 7.74. The number of hydrogen-bond acceptors (Lipinski definition) is 1. The first kappa shape index (κ1) is 4.88. The molecule has 4 heavy (non-hydrogen) atoms. The zero-order chi connectivity index (χ0) is 3.41. The Labute approximate surface area is 30.3 Å². The Balaban J connectivity index is 1.97. The van der Waals surface area contributed by atoms with Crippen LogP contribution in [0.1, 0.15) is 0 Å². The van der Waals surface area contributed by atoms with Gasteiger partial charge in [-0.1, -0.05) is 0 Å². The maximum absolute atomic E-state index is 7.74. The Morgan fingerprint density at radius 2 is 2.25 bits per heavy atom. The molecule has 0 aromatic carbocycles. The Kier molecular flexibility index (Phi) is 4.74. The van der Waals surface area contributed by atoms with Crippen LogP contribution >= 0.6 is 17.1 Å². The van der Waals surface area contributed by atoms with E-state index >= 15 is 0 Å². The van der Waals surface area contributed by atoms with Crippen molar-refractivity contribution >= 4 is 24.3 Å². The molecule has 0 fully saturated rings. The molecule has 0 heterocycles. The van der Waals surface area contributed by atoms with Gasteiger partial charge >= 0.3 is 7.20 Å². The molecule has 1 nitrogen and oxygen atoms in total. The molecule has 0 aliphatic rings. The van der Waals surface area contributed by atoms with E-state index in [9.17, 15) is 0 Å². The first-order chi connectivity index (χ1) is 1.91. The van der Waals surface area contributed by atoms with Gasteiger partial charge in [-0.05, 0) is 0 Å².